The van der Waals surface area contributed by atoms with Gasteiger partial charge in [-0.25, -0.2) is 9.97 Å². The van der Waals surface area contributed by atoms with Gasteiger partial charge in [0.2, 0.25) is 0 Å². The van der Waals surface area contributed by atoms with Gasteiger partial charge in [-0.1, -0.05) is 6.92 Å². The molecule has 0 atom stereocenters. The lowest BCUT2D eigenvalue weighted by atomic mass is 9.97. The molecule has 146 valence electrons. The Morgan fingerprint density at radius 3 is 2.75 bits per heavy atom. The molecular weight excluding hydrogens is 382 g/mol. The summed E-state index contributed by atoms with van der Waals surface area (Å²) in [5.74, 6) is 1.64. The fourth-order valence-corrected chi connectivity index (χ4v) is 4.62. The fourth-order valence-electron chi connectivity index (χ4n) is 3.34. The molecule has 5 nitrogen and oxygen atoms in total. The van der Waals surface area contributed by atoms with Gasteiger partial charge in [-0.3, -0.25) is 5.43 Å². The molecule has 28 heavy (non-hydrogen) atoms. The number of hydrogen-bond acceptors (Lipinski definition) is 6. The molecule has 0 aliphatic heterocycles. The summed E-state index contributed by atoms with van der Waals surface area (Å²) >= 11 is 1.76. The number of hydrazone groups is 1. The number of aryl methyl sites for hydroxylation is 3. The summed E-state index contributed by atoms with van der Waals surface area (Å²) in [4.78, 5) is 11.8. The van der Waals surface area contributed by atoms with Crippen molar-refractivity contribution in [2.24, 2.45) is 5.10 Å². The van der Waals surface area contributed by atoms with Crippen LogP contribution in [0.2, 0.25) is 0 Å². The fraction of sp³-hybridized carbons (Fsp3) is 0.350. The highest BCUT2D eigenvalue weighted by atomic mass is 32.1. The van der Waals surface area contributed by atoms with E-state index < -0.39 is 6.61 Å². The number of anilines is 1. The summed E-state index contributed by atoms with van der Waals surface area (Å²) in [6.45, 7) is -0.796. The average Bonchev–Trinajstić information content (AvgIpc) is 3.07. The van der Waals surface area contributed by atoms with Crippen LogP contribution in [0.25, 0.3) is 10.2 Å². The number of benzene rings is 1. The van der Waals surface area contributed by atoms with Gasteiger partial charge in [0.25, 0.3) is 0 Å². The molecule has 0 spiro atoms. The van der Waals surface area contributed by atoms with Crippen LogP contribution >= 0.6 is 11.3 Å². The predicted octanol–water partition coefficient (Wildman–Crippen LogP) is 5.18. The molecule has 0 bridgehead atoms. The molecule has 3 aromatic rings. The van der Waals surface area contributed by atoms with Crippen molar-refractivity contribution < 1.29 is 13.5 Å². The molecule has 0 fully saturated rings. The maximum atomic E-state index is 12.2. The first-order valence-corrected chi connectivity index (χ1v) is 10.1. The van der Waals surface area contributed by atoms with Crippen molar-refractivity contribution in [1.29, 1.82) is 0 Å². The van der Waals surface area contributed by atoms with Crippen molar-refractivity contribution in [3.63, 3.8) is 0 Å². The van der Waals surface area contributed by atoms with Crippen LogP contribution in [0.1, 0.15) is 41.6 Å². The summed E-state index contributed by atoms with van der Waals surface area (Å²) in [7, 11) is 0. The molecule has 1 aromatic carbocycles. The van der Waals surface area contributed by atoms with E-state index in [-0.39, 0.29) is 5.75 Å². The van der Waals surface area contributed by atoms with Crippen LogP contribution in [0.5, 0.6) is 5.75 Å². The van der Waals surface area contributed by atoms with Gasteiger partial charge in [0.1, 0.15) is 16.4 Å². The second kappa shape index (κ2) is 8.18. The monoisotopic (exact) mass is 402 g/mol. The SMILES string of the molecule is CCc1nc(NN=Cc2ccc(OC(F)F)cc2)c2c3c(sc2n1)CCCC3. The third-order valence-corrected chi connectivity index (χ3v) is 5.85. The van der Waals surface area contributed by atoms with Crippen molar-refractivity contribution in [3.8, 4) is 5.75 Å². The van der Waals surface area contributed by atoms with Crippen LogP contribution < -0.4 is 10.2 Å². The van der Waals surface area contributed by atoms with Crippen molar-refractivity contribution >= 4 is 33.6 Å². The number of nitrogens with one attached hydrogen (secondary N) is 1. The van der Waals surface area contributed by atoms with Gasteiger partial charge in [0.05, 0.1) is 11.6 Å². The number of nitrogens with zero attached hydrogens (tertiary/aromatic N) is 3. The maximum Gasteiger partial charge on any atom is 0.387 e. The van der Waals surface area contributed by atoms with E-state index in [4.69, 9.17) is 4.98 Å². The standard InChI is InChI=1S/C20H20F2N4OS/c1-2-16-24-18(17-14-5-3-4-6-15(14)28-19(17)25-16)26-23-11-12-7-9-13(10-8-12)27-20(21)22/h7-11,20H,2-6H2,1H3,(H,24,25,26). The molecule has 0 saturated heterocycles. The van der Waals surface area contributed by atoms with Crippen molar-refractivity contribution in [3.05, 3.63) is 46.1 Å². The smallest absolute Gasteiger partial charge is 0.387 e. The van der Waals surface area contributed by atoms with Gasteiger partial charge in [-0.15, -0.1) is 11.3 Å². The van der Waals surface area contributed by atoms with Gasteiger partial charge >= 0.3 is 6.61 Å². The third kappa shape index (κ3) is 3.96. The predicted molar refractivity (Wildman–Crippen MR) is 108 cm³/mol. The molecule has 2 aromatic heterocycles. The molecule has 8 heteroatoms. The second-order valence-corrected chi connectivity index (χ2v) is 7.63. The first kappa shape index (κ1) is 18.7. The number of thiophene rings is 1. The number of aromatic nitrogens is 2. The summed E-state index contributed by atoms with van der Waals surface area (Å²) in [5.41, 5.74) is 5.18. The molecule has 0 amide bonds. The van der Waals surface area contributed by atoms with E-state index in [0.29, 0.717) is 0 Å². The Balaban J connectivity index is 1.58. The molecule has 2 heterocycles. The zero-order chi connectivity index (χ0) is 19.5. The van der Waals surface area contributed by atoms with Gasteiger partial charge < -0.3 is 4.74 Å². The van der Waals surface area contributed by atoms with Crippen molar-refractivity contribution in [2.45, 2.75) is 45.6 Å². The number of halogens is 2. The molecule has 0 unspecified atom stereocenters. The average molecular weight is 402 g/mol. The van der Waals surface area contributed by atoms with E-state index >= 15 is 0 Å². The largest absolute Gasteiger partial charge is 0.435 e. The van der Waals surface area contributed by atoms with E-state index in [1.54, 1.807) is 29.7 Å². The second-order valence-electron chi connectivity index (χ2n) is 6.55. The Bertz CT molecular complexity index is 1000. The maximum absolute atomic E-state index is 12.2. The van der Waals surface area contributed by atoms with Crippen LogP contribution in [-0.2, 0) is 19.3 Å². The number of ether oxygens (including phenoxy) is 1. The van der Waals surface area contributed by atoms with E-state index in [1.807, 2.05) is 6.92 Å². The Morgan fingerprint density at radius 2 is 2.00 bits per heavy atom. The van der Waals surface area contributed by atoms with Crippen molar-refractivity contribution in [1.82, 2.24) is 9.97 Å². The normalized spacial score (nSPS) is 14.0. The summed E-state index contributed by atoms with van der Waals surface area (Å²) < 4.78 is 28.8. The van der Waals surface area contributed by atoms with E-state index in [1.165, 1.54) is 35.4 Å². The number of rotatable bonds is 6. The lowest BCUT2D eigenvalue weighted by Gasteiger charge is -2.11. The molecule has 1 aliphatic rings. The van der Waals surface area contributed by atoms with Crippen molar-refractivity contribution in [2.75, 3.05) is 5.43 Å². The highest BCUT2D eigenvalue weighted by molar-refractivity contribution is 7.19. The highest BCUT2D eigenvalue weighted by Gasteiger charge is 2.20. The lowest BCUT2D eigenvalue weighted by molar-refractivity contribution is -0.0498. The van der Waals surface area contributed by atoms with E-state index in [2.05, 4.69) is 20.2 Å². The topological polar surface area (TPSA) is 59.4 Å². The molecule has 0 saturated carbocycles. The van der Waals surface area contributed by atoms with Crippen LogP contribution in [0, 0.1) is 0 Å². The molecular formula is C20H20F2N4OS. The molecule has 0 radical (unpaired) electrons. The quantitative estimate of drug-likeness (QED) is 0.456. The number of hydrogen-bond donors (Lipinski definition) is 1. The number of alkyl halides is 2. The zero-order valence-corrected chi connectivity index (χ0v) is 16.2. The Kier molecular flexibility index (Phi) is 5.47. The summed E-state index contributed by atoms with van der Waals surface area (Å²) in [5, 5.41) is 5.39. The first-order valence-electron chi connectivity index (χ1n) is 9.29. The summed E-state index contributed by atoms with van der Waals surface area (Å²) in [6.07, 6.45) is 6.94. The van der Waals surface area contributed by atoms with E-state index in [9.17, 15) is 8.78 Å². The highest BCUT2D eigenvalue weighted by Crippen LogP contribution is 2.38. The molecule has 1 N–H and O–H groups in total. The number of fused-ring (bicyclic) bond motifs is 3. The van der Waals surface area contributed by atoms with Gasteiger partial charge in [0, 0.05) is 11.3 Å². The van der Waals surface area contributed by atoms with Gasteiger partial charge in [0.15, 0.2) is 5.82 Å². The van der Waals surface area contributed by atoms with E-state index in [0.717, 1.165) is 46.7 Å². The minimum atomic E-state index is -2.83. The minimum Gasteiger partial charge on any atom is -0.435 e. The Morgan fingerprint density at radius 1 is 1.21 bits per heavy atom. The molecule has 4 rings (SSSR count). The van der Waals surface area contributed by atoms with Gasteiger partial charge in [-0.2, -0.15) is 13.9 Å². The van der Waals surface area contributed by atoms with Crippen LogP contribution in [0.3, 0.4) is 0 Å². The Labute approximate surface area is 165 Å². The lowest BCUT2D eigenvalue weighted by Crippen LogP contribution is -2.03. The summed E-state index contributed by atoms with van der Waals surface area (Å²) in [6, 6.07) is 6.31. The first-order chi connectivity index (χ1) is 13.6. The Hall–Kier alpha value is -2.61. The third-order valence-electron chi connectivity index (χ3n) is 4.67. The minimum absolute atomic E-state index is 0.120. The molecule has 1 aliphatic carbocycles. The van der Waals surface area contributed by atoms with Crippen LogP contribution in [0.4, 0.5) is 14.6 Å². The van der Waals surface area contributed by atoms with Crippen LogP contribution in [0.15, 0.2) is 29.4 Å². The van der Waals surface area contributed by atoms with Crippen LogP contribution in [-0.4, -0.2) is 22.8 Å². The zero-order valence-electron chi connectivity index (χ0n) is 15.4. The van der Waals surface area contributed by atoms with Gasteiger partial charge in [-0.05, 0) is 61.1 Å².